The Balaban J connectivity index is 1.69. The average molecular weight is 359 g/mol. The highest BCUT2D eigenvalue weighted by molar-refractivity contribution is 7.71. The standard InChI is InChI=1S/C19H25N3O2S/c1-19(2,3)15-5-4-11-22(12-10-15)17(23)14-8-6-13(7-9-14)16-20-21-18(25)24-16/h6-9,15H,4-5,10-12H2,1-3H3,(H,21,25)/t15-/m0/s1. The summed E-state index contributed by atoms with van der Waals surface area (Å²) in [5, 5.41) is 6.61. The van der Waals surface area contributed by atoms with E-state index in [0.717, 1.165) is 31.5 Å². The lowest BCUT2D eigenvalue weighted by atomic mass is 9.77. The summed E-state index contributed by atoms with van der Waals surface area (Å²) in [7, 11) is 0. The molecular formula is C19H25N3O2S. The van der Waals surface area contributed by atoms with E-state index in [1.54, 1.807) is 0 Å². The predicted octanol–water partition coefficient (Wildman–Crippen LogP) is 4.69. The molecule has 0 aliphatic carbocycles. The highest BCUT2D eigenvalue weighted by atomic mass is 32.1. The molecule has 0 saturated carbocycles. The molecule has 2 heterocycles. The molecule has 1 fully saturated rings. The third-order valence-electron chi connectivity index (χ3n) is 5.06. The molecule has 1 N–H and O–H groups in total. The normalized spacial score (nSPS) is 18.8. The number of hydrogen-bond donors (Lipinski definition) is 1. The fourth-order valence-electron chi connectivity index (χ4n) is 3.46. The molecule has 1 saturated heterocycles. The van der Waals surface area contributed by atoms with E-state index in [0.29, 0.717) is 22.8 Å². The molecule has 5 nitrogen and oxygen atoms in total. The van der Waals surface area contributed by atoms with Crippen LogP contribution in [0, 0.1) is 16.2 Å². The van der Waals surface area contributed by atoms with Crippen LogP contribution in [0.4, 0.5) is 0 Å². The van der Waals surface area contributed by atoms with Crippen LogP contribution in [0.3, 0.4) is 0 Å². The van der Waals surface area contributed by atoms with E-state index >= 15 is 0 Å². The summed E-state index contributed by atoms with van der Waals surface area (Å²) in [4.78, 5) is 15.1. The molecule has 2 aromatic rings. The van der Waals surface area contributed by atoms with Crippen LogP contribution in [0.15, 0.2) is 28.7 Å². The summed E-state index contributed by atoms with van der Waals surface area (Å²) < 4.78 is 5.30. The molecule has 1 aromatic heterocycles. The van der Waals surface area contributed by atoms with Gasteiger partial charge in [-0.2, -0.15) is 0 Å². The van der Waals surface area contributed by atoms with Crippen molar-refractivity contribution in [3.8, 4) is 11.5 Å². The van der Waals surface area contributed by atoms with Crippen LogP contribution in [0.2, 0.25) is 0 Å². The van der Waals surface area contributed by atoms with Gasteiger partial charge in [0.05, 0.1) is 0 Å². The summed E-state index contributed by atoms with van der Waals surface area (Å²) in [6.07, 6.45) is 3.33. The smallest absolute Gasteiger partial charge is 0.284 e. The molecular weight excluding hydrogens is 334 g/mol. The van der Waals surface area contributed by atoms with Gasteiger partial charge >= 0.3 is 0 Å². The predicted molar refractivity (Wildman–Crippen MR) is 99.8 cm³/mol. The number of aromatic amines is 1. The van der Waals surface area contributed by atoms with Gasteiger partial charge in [-0.25, -0.2) is 5.10 Å². The van der Waals surface area contributed by atoms with Crippen LogP contribution >= 0.6 is 12.2 Å². The summed E-state index contributed by atoms with van der Waals surface area (Å²) in [6, 6.07) is 7.35. The van der Waals surface area contributed by atoms with E-state index in [2.05, 4.69) is 31.0 Å². The average Bonchev–Trinajstić information content (AvgIpc) is 2.85. The summed E-state index contributed by atoms with van der Waals surface area (Å²) in [5.74, 6) is 1.21. The lowest BCUT2D eigenvalue weighted by Crippen LogP contribution is -2.32. The van der Waals surface area contributed by atoms with Crippen LogP contribution in [0.1, 0.15) is 50.4 Å². The maximum Gasteiger partial charge on any atom is 0.284 e. The van der Waals surface area contributed by atoms with E-state index < -0.39 is 0 Å². The highest BCUT2D eigenvalue weighted by Crippen LogP contribution is 2.34. The van der Waals surface area contributed by atoms with Gasteiger partial charge in [-0.05, 0) is 67.1 Å². The summed E-state index contributed by atoms with van der Waals surface area (Å²) in [5.41, 5.74) is 1.80. The van der Waals surface area contributed by atoms with Gasteiger partial charge in [-0.3, -0.25) is 4.79 Å². The molecule has 1 amide bonds. The molecule has 0 radical (unpaired) electrons. The quantitative estimate of drug-likeness (QED) is 0.790. The largest absolute Gasteiger partial charge is 0.409 e. The number of H-pyrrole nitrogens is 1. The zero-order valence-corrected chi connectivity index (χ0v) is 15.9. The minimum absolute atomic E-state index is 0.101. The summed E-state index contributed by atoms with van der Waals surface area (Å²) in [6.45, 7) is 8.55. The fourth-order valence-corrected chi connectivity index (χ4v) is 3.58. The van der Waals surface area contributed by atoms with Crippen molar-refractivity contribution in [3.63, 3.8) is 0 Å². The SMILES string of the molecule is CC(C)(C)[C@H]1CCCN(C(=O)c2ccc(-c3n[nH]c(=S)o3)cc2)CC1. The van der Waals surface area contributed by atoms with Gasteiger partial charge in [0.2, 0.25) is 5.89 Å². The monoisotopic (exact) mass is 359 g/mol. The number of aromatic nitrogens is 2. The van der Waals surface area contributed by atoms with Gasteiger partial charge < -0.3 is 9.32 Å². The molecule has 1 aliphatic rings. The zero-order valence-electron chi connectivity index (χ0n) is 15.0. The Morgan fingerprint density at radius 1 is 1.24 bits per heavy atom. The molecule has 134 valence electrons. The first-order valence-electron chi connectivity index (χ1n) is 8.80. The molecule has 0 spiro atoms. The van der Waals surface area contributed by atoms with Crippen molar-refractivity contribution in [2.45, 2.75) is 40.0 Å². The molecule has 1 aliphatic heterocycles. The topological polar surface area (TPSA) is 62.1 Å². The van der Waals surface area contributed by atoms with Crippen molar-refractivity contribution >= 4 is 18.1 Å². The number of carbonyl (C=O) groups is 1. The van der Waals surface area contributed by atoms with Crippen LogP contribution in [0.25, 0.3) is 11.5 Å². The van der Waals surface area contributed by atoms with E-state index in [9.17, 15) is 4.79 Å². The van der Waals surface area contributed by atoms with E-state index in [1.165, 1.54) is 6.42 Å². The number of rotatable bonds is 2. The van der Waals surface area contributed by atoms with Gasteiger partial charge in [0.1, 0.15) is 0 Å². The number of benzene rings is 1. The fraction of sp³-hybridized carbons (Fsp3) is 0.526. The number of nitrogens with zero attached hydrogens (tertiary/aromatic N) is 2. The molecule has 0 unspecified atom stereocenters. The number of hydrogen-bond acceptors (Lipinski definition) is 4. The van der Waals surface area contributed by atoms with Gasteiger partial charge in [-0.15, -0.1) is 5.10 Å². The third-order valence-corrected chi connectivity index (χ3v) is 5.23. The Kier molecular flexibility index (Phi) is 5.08. The van der Waals surface area contributed by atoms with Crippen molar-refractivity contribution in [1.82, 2.24) is 15.1 Å². The van der Waals surface area contributed by atoms with Gasteiger partial charge in [0.25, 0.3) is 10.7 Å². The molecule has 25 heavy (non-hydrogen) atoms. The molecule has 0 bridgehead atoms. The molecule has 1 atom stereocenters. The molecule has 3 rings (SSSR count). The molecule has 1 aromatic carbocycles. The van der Waals surface area contributed by atoms with Crippen molar-refractivity contribution in [1.29, 1.82) is 0 Å². The van der Waals surface area contributed by atoms with Crippen molar-refractivity contribution in [3.05, 3.63) is 34.7 Å². The van der Waals surface area contributed by atoms with Crippen molar-refractivity contribution in [2.24, 2.45) is 11.3 Å². The first-order chi connectivity index (χ1) is 11.8. The number of amides is 1. The van der Waals surface area contributed by atoms with Crippen LogP contribution in [-0.2, 0) is 0 Å². The van der Waals surface area contributed by atoms with E-state index in [-0.39, 0.29) is 10.7 Å². The maximum atomic E-state index is 12.8. The van der Waals surface area contributed by atoms with Gasteiger partial charge in [-0.1, -0.05) is 20.8 Å². The Morgan fingerprint density at radius 2 is 1.96 bits per heavy atom. The minimum atomic E-state index is 0.101. The Hall–Kier alpha value is -1.95. The van der Waals surface area contributed by atoms with E-state index in [4.69, 9.17) is 16.6 Å². The van der Waals surface area contributed by atoms with Gasteiger partial charge in [0.15, 0.2) is 0 Å². The second kappa shape index (κ2) is 7.12. The Bertz CT molecular complexity index is 786. The lowest BCUT2D eigenvalue weighted by molar-refractivity contribution is 0.0755. The van der Waals surface area contributed by atoms with Crippen molar-refractivity contribution in [2.75, 3.05) is 13.1 Å². The Labute approximate surface area is 153 Å². The number of likely N-dealkylation sites (tertiary alicyclic amines) is 1. The molecule has 6 heteroatoms. The van der Waals surface area contributed by atoms with Crippen LogP contribution in [0.5, 0.6) is 0 Å². The second-order valence-electron chi connectivity index (χ2n) is 7.78. The van der Waals surface area contributed by atoms with Crippen molar-refractivity contribution < 1.29 is 9.21 Å². The third kappa shape index (κ3) is 4.18. The highest BCUT2D eigenvalue weighted by Gasteiger charge is 2.28. The Morgan fingerprint density at radius 3 is 2.56 bits per heavy atom. The summed E-state index contributed by atoms with van der Waals surface area (Å²) >= 11 is 4.89. The number of nitrogens with one attached hydrogen (secondary N) is 1. The van der Waals surface area contributed by atoms with E-state index in [1.807, 2.05) is 29.2 Å². The van der Waals surface area contributed by atoms with Gasteiger partial charge in [0, 0.05) is 24.2 Å². The minimum Gasteiger partial charge on any atom is -0.409 e. The van der Waals surface area contributed by atoms with Crippen LogP contribution < -0.4 is 0 Å². The second-order valence-corrected chi connectivity index (χ2v) is 8.15. The maximum absolute atomic E-state index is 12.8. The number of carbonyl (C=O) groups excluding carboxylic acids is 1. The zero-order chi connectivity index (χ0) is 18.0. The lowest BCUT2D eigenvalue weighted by Gasteiger charge is -2.29. The van der Waals surface area contributed by atoms with Crippen LogP contribution in [-0.4, -0.2) is 34.1 Å². The first kappa shape index (κ1) is 17.9. The first-order valence-corrected chi connectivity index (χ1v) is 9.20.